The molecule has 3 heteroatoms. The van der Waals surface area contributed by atoms with E-state index >= 15 is 0 Å². The van der Waals surface area contributed by atoms with Gasteiger partial charge in [-0.25, -0.2) is 0 Å². The normalized spacial score (nSPS) is 11.5. The van der Waals surface area contributed by atoms with Crippen molar-refractivity contribution < 1.29 is 4.79 Å². The lowest BCUT2D eigenvalue weighted by Crippen LogP contribution is -2.19. The Labute approximate surface area is 125 Å². The van der Waals surface area contributed by atoms with Gasteiger partial charge in [-0.1, -0.05) is 50.2 Å². The van der Waals surface area contributed by atoms with E-state index in [2.05, 4.69) is 24.2 Å². The quantitative estimate of drug-likeness (QED) is 0.808. The molecule has 0 saturated heterocycles. The highest BCUT2D eigenvalue weighted by Crippen LogP contribution is 2.15. The summed E-state index contributed by atoms with van der Waals surface area (Å²) in [6.45, 7) is 4.11. The zero-order valence-electron chi connectivity index (χ0n) is 12.4. The van der Waals surface area contributed by atoms with Crippen molar-refractivity contribution in [1.82, 2.24) is 0 Å². The Balaban J connectivity index is 2.06. The molecule has 0 aliphatic rings. The number of hydrogen-bond acceptors (Lipinski definition) is 2. The van der Waals surface area contributed by atoms with Crippen LogP contribution in [0.25, 0.3) is 0 Å². The van der Waals surface area contributed by atoms with E-state index in [1.54, 1.807) is 0 Å². The maximum absolute atomic E-state index is 12.1. The summed E-state index contributed by atoms with van der Waals surface area (Å²) >= 11 is 0. The third-order valence-electron chi connectivity index (χ3n) is 3.09. The molecule has 2 rings (SSSR count). The fraction of sp³-hybridized carbons (Fsp3) is 0.222. The molecule has 0 aliphatic carbocycles. The van der Waals surface area contributed by atoms with E-state index < -0.39 is 0 Å². The summed E-state index contributed by atoms with van der Waals surface area (Å²) in [4.78, 5) is 16.7. The lowest BCUT2D eigenvalue weighted by atomic mass is 10.0. The van der Waals surface area contributed by atoms with Gasteiger partial charge in [0.1, 0.15) is 0 Å². The van der Waals surface area contributed by atoms with Gasteiger partial charge >= 0.3 is 0 Å². The second kappa shape index (κ2) is 7.39. The van der Waals surface area contributed by atoms with E-state index in [1.165, 1.54) is 0 Å². The Kier molecular flexibility index (Phi) is 5.27. The van der Waals surface area contributed by atoms with Gasteiger partial charge in [0.15, 0.2) is 0 Å². The SMILES string of the molecule is CC(C)C(CC(=O)Nc1ccccc1)=Nc1ccccc1. The van der Waals surface area contributed by atoms with E-state index in [4.69, 9.17) is 0 Å². The van der Waals surface area contributed by atoms with Crippen LogP contribution in [-0.2, 0) is 4.79 Å². The zero-order valence-corrected chi connectivity index (χ0v) is 12.4. The number of hydrogen-bond donors (Lipinski definition) is 1. The van der Waals surface area contributed by atoms with Crippen molar-refractivity contribution >= 4 is 23.0 Å². The van der Waals surface area contributed by atoms with Crippen molar-refractivity contribution in [1.29, 1.82) is 0 Å². The van der Waals surface area contributed by atoms with Gasteiger partial charge in [-0.3, -0.25) is 9.79 Å². The van der Waals surface area contributed by atoms with E-state index in [-0.39, 0.29) is 11.8 Å². The number of benzene rings is 2. The van der Waals surface area contributed by atoms with Gasteiger partial charge in [0.05, 0.1) is 12.1 Å². The van der Waals surface area contributed by atoms with E-state index in [0.717, 1.165) is 17.1 Å². The molecule has 0 heterocycles. The molecular weight excluding hydrogens is 260 g/mol. The Bertz CT molecular complexity index is 604. The number of nitrogens with one attached hydrogen (secondary N) is 1. The Morgan fingerprint density at radius 3 is 2.14 bits per heavy atom. The summed E-state index contributed by atoms with van der Waals surface area (Å²) in [7, 11) is 0. The van der Waals surface area contributed by atoms with Crippen molar-refractivity contribution in [2.24, 2.45) is 10.9 Å². The van der Waals surface area contributed by atoms with Crippen molar-refractivity contribution in [3.8, 4) is 0 Å². The third-order valence-corrected chi connectivity index (χ3v) is 3.09. The van der Waals surface area contributed by atoms with Crippen molar-refractivity contribution in [2.75, 3.05) is 5.32 Å². The number of carbonyl (C=O) groups is 1. The number of amides is 1. The molecule has 3 nitrogen and oxygen atoms in total. The van der Waals surface area contributed by atoms with Gasteiger partial charge in [0, 0.05) is 11.4 Å². The van der Waals surface area contributed by atoms with Crippen LogP contribution in [0.3, 0.4) is 0 Å². The van der Waals surface area contributed by atoms with Crippen LogP contribution in [-0.4, -0.2) is 11.6 Å². The average Bonchev–Trinajstić information content (AvgIpc) is 2.48. The summed E-state index contributed by atoms with van der Waals surface area (Å²) in [5, 5.41) is 2.89. The monoisotopic (exact) mass is 280 g/mol. The van der Waals surface area contributed by atoms with Gasteiger partial charge in [-0.15, -0.1) is 0 Å². The number of nitrogens with zero attached hydrogens (tertiary/aromatic N) is 1. The predicted octanol–water partition coefficient (Wildman–Crippen LogP) is 4.44. The molecule has 1 N–H and O–H groups in total. The van der Waals surface area contributed by atoms with Gasteiger partial charge in [-0.2, -0.15) is 0 Å². The maximum atomic E-state index is 12.1. The standard InChI is InChI=1S/C18H20N2O/c1-14(2)17(19-15-9-5-3-6-10-15)13-18(21)20-16-11-7-4-8-12-16/h3-12,14H,13H2,1-2H3,(H,20,21). The Morgan fingerprint density at radius 2 is 1.57 bits per heavy atom. The maximum Gasteiger partial charge on any atom is 0.230 e. The minimum Gasteiger partial charge on any atom is -0.326 e. The first kappa shape index (κ1) is 15.0. The Morgan fingerprint density at radius 1 is 1.00 bits per heavy atom. The van der Waals surface area contributed by atoms with Crippen LogP contribution in [0.5, 0.6) is 0 Å². The molecule has 0 spiro atoms. The van der Waals surface area contributed by atoms with Crippen molar-refractivity contribution in [2.45, 2.75) is 20.3 Å². The van der Waals surface area contributed by atoms with Crippen LogP contribution in [0.2, 0.25) is 0 Å². The predicted molar refractivity (Wildman–Crippen MR) is 88.1 cm³/mol. The molecular formula is C18H20N2O. The number of anilines is 1. The first-order valence-electron chi connectivity index (χ1n) is 7.12. The second-order valence-electron chi connectivity index (χ2n) is 5.18. The number of aliphatic imine (C=N–C) groups is 1. The molecule has 0 unspecified atom stereocenters. The van der Waals surface area contributed by atoms with Crippen LogP contribution in [0, 0.1) is 5.92 Å². The first-order valence-corrected chi connectivity index (χ1v) is 7.12. The molecule has 0 aliphatic heterocycles. The van der Waals surface area contributed by atoms with Crippen LogP contribution in [0.1, 0.15) is 20.3 Å². The molecule has 108 valence electrons. The van der Waals surface area contributed by atoms with Crippen LogP contribution in [0.15, 0.2) is 65.7 Å². The number of carbonyl (C=O) groups excluding carboxylic acids is 1. The zero-order chi connectivity index (χ0) is 15.1. The van der Waals surface area contributed by atoms with E-state index in [9.17, 15) is 4.79 Å². The molecule has 0 fully saturated rings. The fourth-order valence-corrected chi connectivity index (χ4v) is 1.93. The Hall–Kier alpha value is -2.42. The molecule has 0 aromatic heterocycles. The minimum absolute atomic E-state index is 0.0374. The molecule has 0 radical (unpaired) electrons. The topological polar surface area (TPSA) is 41.5 Å². The van der Waals surface area contributed by atoms with Crippen molar-refractivity contribution in [3.05, 3.63) is 60.7 Å². The summed E-state index contributed by atoms with van der Waals surface area (Å²) in [6.07, 6.45) is 0.307. The van der Waals surface area contributed by atoms with Crippen LogP contribution in [0.4, 0.5) is 11.4 Å². The van der Waals surface area contributed by atoms with Gasteiger partial charge in [0.25, 0.3) is 0 Å². The van der Waals surface area contributed by atoms with Gasteiger partial charge < -0.3 is 5.32 Å². The largest absolute Gasteiger partial charge is 0.326 e. The third kappa shape index (κ3) is 4.88. The van der Waals surface area contributed by atoms with Crippen molar-refractivity contribution in [3.63, 3.8) is 0 Å². The summed E-state index contributed by atoms with van der Waals surface area (Å²) in [5.41, 5.74) is 2.58. The van der Waals surface area contributed by atoms with E-state index in [0.29, 0.717) is 6.42 Å². The highest BCUT2D eigenvalue weighted by Gasteiger charge is 2.11. The van der Waals surface area contributed by atoms with Gasteiger partial charge in [0.2, 0.25) is 5.91 Å². The lowest BCUT2D eigenvalue weighted by molar-refractivity contribution is -0.115. The summed E-state index contributed by atoms with van der Waals surface area (Å²) in [6, 6.07) is 19.2. The average molecular weight is 280 g/mol. The highest BCUT2D eigenvalue weighted by molar-refractivity contribution is 6.07. The molecule has 0 bridgehead atoms. The number of rotatable bonds is 5. The number of para-hydroxylation sites is 2. The smallest absolute Gasteiger partial charge is 0.230 e. The molecule has 2 aromatic carbocycles. The molecule has 2 aromatic rings. The first-order chi connectivity index (χ1) is 10.1. The second-order valence-corrected chi connectivity index (χ2v) is 5.18. The fourth-order valence-electron chi connectivity index (χ4n) is 1.93. The molecule has 1 amide bonds. The van der Waals surface area contributed by atoms with Crippen LogP contribution < -0.4 is 5.32 Å². The molecule has 21 heavy (non-hydrogen) atoms. The molecule has 0 atom stereocenters. The van der Waals surface area contributed by atoms with Gasteiger partial charge in [-0.05, 0) is 30.2 Å². The summed E-state index contributed by atoms with van der Waals surface area (Å²) in [5.74, 6) is 0.191. The molecule has 0 saturated carbocycles. The highest BCUT2D eigenvalue weighted by atomic mass is 16.1. The van der Waals surface area contributed by atoms with E-state index in [1.807, 2.05) is 60.7 Å². The van der Waals surface area contributed by atoms with Crippen LogP contribution >= 0.6 is 0 Å². The summed E-state index contributed by atoms with van der Waals surface area (Å²) < 4.78 is 0. The lowest BCUT2D eigenvalue weighted by Gasteiger charge is -2.11. The minimum atomic E-state index is -0.0374.